The minimum Gasteiger partial charge on any atom is -0.398 e. The lowest BCUT2D eigenvalue weighted by atomic mass is 10.0. The van der Waals surface area contributed by atoms with E-state index in [1.807, 2.05) is 0 Å². The van der Waals surface area contributed by atoms with Crippen LogP contribution in [-0.2, 0) is 0 Å². The van der Waals surface area contributed by atoms with Crippen LogP contribution < -0.4 is 5.73 Å². The maximum absolute atomic E-state index is 14.3. The van der Waals surface area contributed by atoms with Gasteiger partial charge < -0.3 is 11.1 Å². The molecule has 0 saturated carbocycles. The second kappa shape index (κ2) is 7.23. The van der Waals surface area contributed by atoms with Crippen molar-refractivity contribution in [1.29, 1.82) is 5.41 Å². The van der Waals surface area contributed by atoms with Crippen molar-refractivity contribution < 1.29 is 8.78 Å². The van der Waals surface area contributed by atoms with Crippen molar-refractivity contribution in [3.05, 3.63) is 83.2 Å². The number of aromatic nitrogens is 2. The zero-order valence-corrected chi connectivity index (χ0v) is 14.0. The molecule has 1 heterocycles. The summed E-state index contributed by atoms with van der Waals surface area (Å²) < 4.78 is 27.3. The molecule has 130 valence electrons. The molecule has 0 bridgehead atoms. The third-order valence-electron chi connectivity index (χ3n) is 3.78. The number of aryl methyl sites for hydroxylation is 1. The van der Waals surface area contributed by atoms with Crippen LogP contribution >= 0.6 is 0 Å². The van der Waals surface area contributed by atoms with Crippen LogP contribution in [0.25, 0.3) is 17.5 Å². The first kappa shape index (κ1) is 17.4. The highest BCUT2D eigenvalue weighted by atomic mass is 19.1. The van der Waals surface area contributed by atoms with Crippen LogP contribution in [0.2, 0.25) is 0 Å². The van der Waals surface area contributed by atoms with Gasteiger partial charge in [0.1, 0.15) is 11.6 Å². The second-order valence-corrected chi connectivity index (χ2v) is 5.74. The van der Waals surface area contributed by atoms with E-state index in [-0.39, 0.29) is 28.6 Å². The lowest BCUT2D eigenvalue weighted by Crippen LogP contribution is -2.04. The van der Waals surface area contributed by atoms with Crippen LogP contribution in [-0.4, -0.2) is 15.7 Å². The summed E-state index contributed by atoms with van der Waals surface area (Å²) >= 11 is 0. The first-order chi connectivity index (χ1) is 12.4. The van der Waals surface area contributed by atoms with Crippen LogP contribution in [0.15, 0.2) is 54.7 Å². The topological polar surface area (TPSA) is 75.7 Å². The van der Waals surface area contributed by atoms with Gasteiger partial charge in [0.25, 0.3) is 0 Å². The summed E-state index contributed by atoms with van der Waals surface area (Å²) in [5.74, 6) is -0.644. The Morgan fingerprint density at radius 1 is 1.12 bits per heavy atom. The highest BCUT2D eigenvalue weighted by molar-refractivity contribution is 6.12. The van der Waals surface area contributed by atoms with Crippen molar-refractivity contribution >= 4 is 17.5 Å². The molecular formula is C20H16F2N4. The normalized spacial score (nSPS) is 11.0. The van der Waals surface area contributed by atoms with Gasteiger partial charge in [-0.3, -0.25) is 0 Å². The van der Waals surface area contributed by atoms with E-state index in [1.165, 1.54) is 24.3 Å². The Balaban J connectivity index is 1.95. The number of nitrogens with two attached hydrogens (primary N) is 1. The average molecular weight is 350 g/mol. The quantitative estimate of drug-likeness (QED) is 0.541. The van der Waals surface area contributed by atoms with Crippen molar-refractivity contribution in [1.82, 2.24) is 9.97 Å². The maximum Gasteiger partial charge on any atom is 0.162 e. The van der Waals surface area contributed by atoms with E-state index in [0.717, 1.165) is 11.6 Å². The Bertz CT molecular complexity index is 995. The monoisotopic (exact) mass is 350 g/mol. The molecule has 0 radical (unpaired) electrons. The molecule has 0 atom stereocenters. The van der Waals surface area contributed by atoms with Gasteiger partial charge in [0.15, 0.2) is 5.82 Å². The minimum absolute atomic E-state index is 0.0979. The predicted molar refractivity (Wildman–Crippen MR) is 98.8 cm³/mol. The number of anilines is 1. The number of hydrogen-bond donors (Lipinski definition) is 2. The van der Waals surface area contributed by atoms with Crippen LogP contribution in [0.5, 0.6) is 0 Å². The van der Waals surface area contributed by atoms with E-state index in [4.69, 9.17) is 11.1 Å². The molecule has 0 aliphatic rings. The summed E-state index contributed by atoms with van der Waals surface area (Å²) in [6, 6.07) is 10.2. The Hall–Kier alpha value is -3.41. The van der Waals surface area contributed by atoms with Gasteiger partial charge in [0, 0.05) is 23.1 Å². The summed E-state index contributed by atoms with van der Waals surface area (Å²) in [5, 5.41) is 8.23. The van der Waals surface area contributed by atoms with Crippen LogP contribution in [0.4, 0.5) is 14.5 Å². The van der Waals surface area contributed by atoms with E-state index in [2.05, 4.69) is 9.97 Å². The average Bonchev–Trinajstić information content (AvgIpc) is 2.61. The number of allylic oxidation sites excluding steroid dienone is 1. The van der Waals surface area contributed by atoms with E-state index in [1.54, 1.807) is 37.4 Å². The van der Waals surface area contributed by atoms with E-state index in [9.17, 15) is 8.78 Å². The van der Waals surface area contributed by atoms with Gasteiger partial charge in [-0.25, -0.2) is 18.7 Å². The number of rotatable bonds is 4. The fourth-order valence-corrected chi connectivity index (χ4v) is 2.42. The second-order valence-electron chi connectivity index (χ2n) is 5.74. The zero-order valence-electron chi connectivity index (χ0n) is 14.0. The van der Waals surface area contributed by atoms with E-state index >= 15 is 0 Å². The summed E-state index contributed by atoms with van der Waals surface area (Å²) in [4.78, 5) is 8.31. The molecule has 0 amide bonds. The Labute approximate surface area is 149 Å². The number of hydrogen-bond acceptors (Lipinski definition) is 4. The fraction of sp³-hybridized carbons (Fsp3) is 0.0500. The van der Waals surface area contributed by atoms with Crippen molar-refractivity contribution in [2.45, 2.75) is 6.92 Å². The SMILES string of the molecule is Cc1ccnc(-c2cc(C(=N)/C=C/c3ccc(F)cc3)c(N)cc2F)n1. The standard InChI is InChI=1S/C20H16F2N4/c1-12-8-9-25-20(26-12)15-10-16(19(24)11-17(15)22)18(23)7-4-13-2-5-14(21)6-3-13/h2-11,23H,24H2,1H3/b7-4+,23-18?. The highest BCUT2D eigenvalue weighted by Gasteiger charge is 2.14. The van der Waals surface area contributed by atoms with Gasteiger partial charge in [-0.15, -0.1) is 0 Å². The number of nitrogen functional groups attached to an aromatic ring is 1. The van der Waals surface area contributed by atoms with Crippen molar-refractivity contribution in [2.24, 2.45) is 0 Å². The number of benzene rings is 2. The maximum atomic E-state index is 14.3. The fourth-order valence-electron chi connectivity index (χ4n) is 2.42. The Morgan fingerprint density at radius 3 is 2.54 bits per heavy atom. The van der Waals surface area contributed by atoms with Crippen molar-refractivity contribution in [3.63, 3.8) is 0 Å². The molecule has 26 heavy (non-hydrogen) atoms. The van der Waals surface area contributed by atoms with Crippen LogP contribution in [0, 0.1) is 24.0 Å². The third-order valence-corrected chi connectivity index (χ3v) is 3.78. The van der Waals surface area contributed by atoms with E-state index < -0.39 is 5.82 Å². The minimum atomic E-state index is -0.549. The number of nitrogens with one attached hydrogen (secondary N) is 1. The molecule has 6 heteroatoms. The van der Waals surface area contributed by atoms with Gasteiger partial charge in [-0.1, -0.05) is 18.2 Å². The molecule has 3 N–H and O–H groups in total. The predicted octanol–water partition coefficient (Wildman–Crippen LogP) is 4.39. The van der Waals surface area contributed by atoms with Crippen LogP contribution in [0.3, 0.4) is 0 Å². The summed E-state index contributed by atoms with van der Waals surface area (Å²) in [7, 11) is 0. The molecular weight excluding hydrogens is 334 g/mol. The van der Waals surface area contributed by atoms with Crippen LogP contribution in [0.1, 0.15) is 16.8 Å². The first-order valence-electron chi connectivity index (χ1n) is 7.85. The molecule has 0 spiro atoms. The zero-order chi connectivity index (χ0) is 18.7. The lowest BCUT2D eigenvalue weighted by molar-refractivity contribution is 0.627. The van der Waals surface area contributed by atoms with Gasteiger partial charge in [-0.05, 0) is 48.9 Å². The van der Waals surface area contributed by atoms with E-state index in [0.29, 0.717) is 11.3 Å². The molecule has 2 aromatic carbocycles. The Kier molecular flexibility index (Phi) is 4.84. The van der Waals surface area contributed by atoms with Crippen molar-refractivity contribution in [3.8, 4) is 11.4 Å². The molecule has 0 aliphatic carbocycles. The van der Waals surface area contributed by atoms with Gasteiger partial charge in [-0.2, -0.15) is 0 Å². The lowest BCUT2D eigenvalue weighted by Gasteiger charge is -2.09. The van der Waals surface area contributed by atoms with Gasteiger partial charge >= 0.3 is 0 Å². The summed E-state index contributed by atoms with van der Waals surface area (Å²) in [6.07, 6.45) is 4.73. The number of halogens is 2. The smallest absolute Gasteiger partial charge is 0.162 e. The molecule has 3 aromatic rings. The molecule has 0 unspecified atom stereocenters. The van der Waals surface area contributed by atoms with Gasteiger partial charge in [0.2, 0.25) is 0 Å². The molecule has 3 rings (SSSR count). The summed E-state index contributed by atoms with van der Waals surface area (Å²) in [5.41, 5.74) is 8.11. The molecule has 1 aromatic heterocycles. The third kappa shape index (κ3) is 3.80. The Morgan fingerprint density at radius 2 is 1.85 bits per heavy atom. The molecule has 0 saturated heterocycles. The molecule has 0 aliphatic heterocycles. The summed E-state index contributed by atoms with van der Waals surface area (Å²) in [6.45, 7) is 1.79. The highest BCUT2D eigenvalue weighted by Crippen LogP contribution is 2.26. The largest absolute Gasteiger partial charge is 0.398 e. The molecule has 4 nitrogen and oxygen atoms in total. The molecule has 0 fully saturated rings. The number of nitrogens with zero attached hydrogens (tertiary/aromatic N) is 2. The van der Waals surface area contributed by atoms with Crippen molar-refractivity contribution in [2.75, 3.05) is 5.73 Å². The van der Waals surface area contributed by atoms with Gasteiger partial charge in [0.05, 0.1) is 11.3 Å². The first-order valence-corrected chi connectivity index (χ1v) is 7.85.